The number of carbonyl (C=O) groups is 2. The molecule has 7 nitrogen and oxygen atoms in total. The van der Waals surface area contributed by atoms with Gasteiger partial charge >= 0.3 is 0 Å². The van der Waals surface area contributed by atoms with Crippen LogP contribution in [-0.4, -0.2) is 26.3 Å². The van der Waals surface area contributed by atoms with Crippen LogP contribution in [0.1, 0.15) is 52.1 Å². The van der Waals surface area contributed by atoms with Crippen molar-refractivity contribution < 1.29 is 18.0 Å². The predicted octanol–water partition coefficient (Wildman–Crippen LogP) is 4.88. The second kappa shape index (κ2) is 10.5. The number of hydrogen-bond donors (Lipinski definition) is 3. The van der Waals surface area contributed by atoms with Gasteiger partial charge in [-0.05, 0) is 75.2 Å². The van der Waals surface area contributed by atoms with Crippen LogP contribution in [0.15, 0.2) is 71.6 Å². The molecule has 0 spiro atoms. The summed E-state index contributed by atoms with van der Waals surface area (Å²) < 4.78 is 28.0. The molecule has 0 fully saturated rings. The van der Waals surface area contributed by atoms with E-state index in [1.807, 2.05) is 20.8 Å². The summed E-state index contributed by atoms with van der Waals surface area (Å²) in [7, 11) is -3.76. The minimum absolute atomic E-state index is 0.00939. The van der Waals surface area contributed by atoms with Crippen LogP contribution in [0.5, 0.6) is 0 Å². The zero-order valence-corrected chi connectivity index (χ0v) is 20.5. The first kappa shape index (κ1) is 25.0. The number of sulfonamides is 1. The lowest BCUT2D eigenvalue weighted by molar-refractivity contribution is 0.0940. The van der Waals surface area contributed by atoms with Crippen LogP contribution in [0.4, 0.5) is 11.4 Å². The summed E-state index contributed by atoms with van der Waals surface area (Å²) in [5.41, 5.74) is 3.04. The van der Waals surface area contributed by atoms with E-state index in [0.29, 0.717) is 28.1 Å². The van der Waals surface area contributed by atoms with Crippen molar-refractivity contribution in [2.24, 2.45) is 0 Å². The molecule has 2 amide bonds. The van der Waals surface area contributed by atoms with Crippen LogP contribution in [0.3, 0.4) is 0 Å². The van der Waals surface area contributed by atoms with E-state index in [1.165, 1.54) is 6.07 Å². The number of nitrogens with one attached hydrogen (secondary N) is 3. The number of aryl methyl sites for hydroxylation is 2. The highest BCUT2D eigenvalue weighted by atomic mass is 32.2. The number of rotatable bonds is 8. The van der Waals surface area contributed by atoms with Crippen molar-refractivity contribution in [3.8, 4) is 0 Å². The van der Waals surface area contributed by atoms with E-state index in [0.717, 1.165) is 12.0 Å². The van der Waals surface area contributed by atoms with Crippen molar-refractivity contribution in [3.63, 3.8) is 0 Å². The smallest absolute Gasteiger partial charge is 0.261 e. The van der Waals surface area contributed by atoms with E-state index in [9.17, 15) is 18.0 Å². The lowest BCUT2D eigenvalue weighted by atomic mass is 10.1. The summed E-state index contributed by atoms with van der Waals surface area (Å²) in [5, 5.41) is 5.69. The van der Waals surface area contributed by atoms with Crippen molar-refractivity contribution in [1.29, 1.82) is 0 Å². The van der Waals surface area contributed by atoms with Gasteiger partial charge in [0.1, 0.15) is 0 Å². The van der Waals surface area contributed by atoms with Crippen molar-refractivity contribution >= 4 is 33.2 Å². The molecule has 0 aliphatic rings. The van der Waals surface area contributed by atoms with Crippen LogP contribution in [0.2, 0.25) is 0 Å². The predicted molar refractivity (Wildman–Crippen MR) is 135 cm³/mol. The fourth-order valence-corrected chi connectivity index (χ4v) is 4.36. The first-order valence-electron chi connectivity index (χ1n) is 11.0. The Bertz CT molecular complexity index is 1300. The van der Waals surface area contributed by atoms with E-state index in [4.69, 9.17) is 0 Å². The van der Waals surface area contributed by atoms with E-state index < -0.39 is 15.9 Å². The average molecular weight is 480 g/mol. The minimum Gasteiger partial charge on any atom is -0.350 e. The SMILES string of the molecule is CC[C@H](C)NC(=O)c1ccccc1NC(=O)c1ccc(NS(=O)(=O)c2ccc(C)cc2)c(C)c1. The van der Waals surface area contributed by atoms with Crippen LogP contribution >= 0.6 is 0 Å². The van der Waals surface area contributed by atoms with E-state index in [-0.39, 0.29) is 16.8 Å². The third kappa shape index (κ3) is 6.02. The van der Waals surface area contributed by atoms with E-state index in [1.54, 1.807) is 67.6 Å². The zero-order chi connectivity index (χ0) is 24.9. The van der Waals surface area contributed by atoms with Gasteiger partial charge in [-0.3, -0.25) is 14.3 Å². The van der Waals surface area contributed by atoms with E-state index >= 15 is 0 Å². The Morgan fingerprint density at radius 3 is 2.21 bits per heavy atom. The summed E-state index contributed by atoms with van der Waals surface area (Å²) in [5.74, 6) is -0.665. The van der Waals surface area contributed by atoms with Crippen LogP contribution < -0.4 is 15.4 Å². The largest absolute Gasteiger partial charge is 0.350 e. The molecule has 0 saturated carbocycles. The summed E-state index contributed by atoms with van der Waals surface area (Å²) in [4.78, 5) is 25.6. The fourth-order valence-electron chi connectivity index (χ4n) is 3.23. The molecule has 0 radical (unpaired) electrons. The summed E-state index contributed by atoms with van der Waals surface area (Å²) in [6, 6.07) is 18.1. The molecule has 3 aromatic carbocycles. The van der Waals surface area contributed by atoms with Gasteiger partial charge in [0.25, 0.3) is 21.8 Å². The number of hydrogen-bond acceptors (Lipinski definition) is 4. The summed E-state index contributed by atoms with van der Waals surface area (Å²) in [6.45, 7) is 7.49. The Morgan fingerprint density at radius 1 is 0.882 bits per heavy atom. The molecule has 0 aromatic heterocycles. The molecule has 0 heterocycles. The lowest BCUT2D eigenvalue weighted by Crippen LogP contribution is -2.32. The molecular formula is C26H29N3O4S. The number of para-hydroxylation sites is 1. The first-order valence-corrected chi connectivity index (χ1v) is 12.5. The molecule has 0 aliphatic carbocycles. The van der Waals surface area contributed by atoms with Crippen LogP contribution in [0, 0.1) is 13.8 Å². The van der Waals surface area contributed by atoms with E-state index in [2.05, 4.69) is 15.4 Å². The van der Waals surface area contributed by atoms with Gasteiger partial charge in [0.2, 0.25) is 0 Å². The minimum atomic E-state index is -3.76. The molecule has 3 aromatic rings. The Balaban J connectivity index is 1.77. The molecule has 3 rings (SSSR count). The van der Waals surface area contributed by atoms with Gasteiger partial charge in [0.15, 0.2) is 0 Å². The second-order valence-corrected chi connectivity index (χ2v) is 9.91. The third-order valence-electron chi connectivity index (χ3n) is 5.47. The standard InChI is InChI=1S/C26H29N3O4S/c1-5-19(4)27-26(31)22-8-6-7-9-24(22)28-25(30)20-12-15-23(18(3)16-20)29-34(32,33)21-13-10-17(2)11-14-21/h6-16,19,29H,5H2,1-4H3,(H,27,31)(H,28,30)/t19-/m0/s1. The molecule has 1 atom stereocenters. The highest BCUT2D eigenvalue weighted by molar-refractivity contribution is 7.92. The van der Waals surface area contributed by atoms with Gasteiger partial charge in [-0.25, -0.2) is 8.42 Å². The molecule has 0 unspecified atom stereocenters. The van der Waals surface area contributed by atoms with Crippen molar-refractivity contribution in [2.45, 2.75) is 45.1 Å². The van der Waals surface area contributed by atoms with Gasteiger partial charge in [0, 0.05) is 11.6 Å². The Morgan fingerprint density at radius 2 is 1.56 bits per heavy atom. The molecule has 0 aliphatic heterocycles. The summed E-state index contributed by atoms with van der Waals surface area (Å²) >= 11 is 0. The number of carbonyl (C=O) groups excluding carboxylic acids is 2. The van der Waals surface area contributed by atoms with Crippen molar-refractivity contribution in [2.75, 3.05) is 10.0 Å². The molecule has 0 bridgehead atoms. The molecule has 3 N–H and O–H groups in total. The number of amides is 2. The van der Waals surface area contributed by atoms with Gasteiger partial charge in [0.05, 0.1) is 21.8 Å². The molecule has 0 saturated heterocycles. The van der Waals surface area contributed by atoms with Gasteiger partial charge < -0.3 is 10.6 Å². The molecular weight excluding hydrogens is 450 g/mol. The monoisotopic (exact) mass is 479 g/mol. The quantitative estimate of drug-likeness (QED) is 0.428. The van der Waals surface area contributed by atoms with Gasteiger partial charge in [-0.2, -0.15) is 0 Å². The lowest BCUT2D eigenvalue weighted by Gasteiger charge is -2.15. The normalized spacial score (nSPS) is 12.0. The maximum Gasteiger partial charge on any atom is 0.261 e. The first-order chi connectivity index (χ1) is 16.1. The second-order valence-electron chi connectivity index (χ2n) is 8.23. The molecule has 8 heteroatoms. The summed E-state index contributed by atoms with van der Waals surface area (Å²) in [6.07, 6.45) is 0.791. The van der Waals surface area contributed by atoms with Crippen LogP contribution in [-0.2, 0) is 10.0 Å². The maximum atomic E-state index is 12.9. The highest BCUT2D eigenvalue weighted by Gasteiger charge is 2.18. The van der Waals surface area contributed by atoms with Crippen LogP contribution in [0.25, 0.3) is 0 Å². The zero-order valence-electron chi connectivity index (χ0n) is 19.7. The highest BCUT2D eigenvalue weighted by Crippen LogP contribution is 2.23. The van der Waals surface area contributed by atoms with Gasteiger partial charge in [-0.1, -0.05) is 36.8 Å². The number of benzene rings is 3. The topological polar surface area (TPSA) is 104 Å². The number of anilines is 2. The Hall–Kier alpha value is -3.65. The molecule has 178 valence electrons. The van der Waals surface area contributed by atoms with Crippen molar-refractivity contribution in [1.82, 2.24) is 5.32 Å². The fraction of sp³-hybridized carbons (Fsp3) is 0.231. The van der Waals surface area contributed by atoms with Gasteiger partial charge in [-0.15, -0.1) is 0 Å². The van der Waals surface area contributed by atoms with Crippen molar-refractivity contribution in [3.05, 3.63) is 89.0 Å². The Kier molecular flexibility index (Phi) is 7.73. The Labute approximate surface area is 200 Å². The average Bonchev–Trinajstić information content (AvgIpc) is 2.80. The third-order valence-corrected chi connectivity index (χ3v) is 6.86. The maximum absolute atomic E-state index is 12.9. The molecule has 34 heavy (non-hydrogen) atoms.